The number of aromatic amines is 1. The van der Waals surface area contributed by atoms with Gasteiger partial charge in [0.15, 0.2) is 0 Å². The van der Waals surface area contributed by atoms with Crippen LogP contribution in [0.25, 0.3) is 11.0 Å². The fraction of sp³-hybridized carbons (Fsp3) is 0.111. The number of aromatic nitrogens is 3. The number of alkyl halides is 3. The molecule has 0 radical (unpaired) electrons. The molecule has 2 N–H and O–H groups in total. The summed E-state index contributed by atoms with van der Waals surface area (Å²) in [4.78, 5) is 12.1. The Balaban J connectivity index is 1.77. The van der Waals surface area contributed by atoms with Crippen LogP contribution in [0.5, 0.6) is 0 Å². The van der Waals surface area contributed by atoms with E-state index in [1.165, 1.54) is 6.20 Å². The Bertz CT molecular complexity index is 1550. The average molecular weight is 545 g/mol. The second-order valence-corrected chi connectivity index (χ2v) is 9.40. The van der Waals surface area contributed by atoms with Crippen LogP contribution in [0.1, 0.15) is 22.4 Å². The summed E-state index contributed by atoms with van der Waals surface area (Å²) in [5.41, 5.74) is -0.306. The predicted octanol–water partition coefficient (Wildman–Crippen LogP) is 8.02. The smallest absolute Gasteiger partial charge is 0.340 e. The van der Waals surface area contributed by atoms with E-state index < -0.39 is 23.1 Å². The number of hydrogen-bond acceptors (Lipinski definition) is 3. The number of pyridine rings is 1. The molecule has 0 unspecified atom stereocenters. The van der Waals surface area contributed by atoms with Crippen LogP contribution in [0.4, 0.5) is 23.5 Å². The molecule has 1 atom stereocenters. The third-order valence-corrected chi connectivity index (χ3v) is 6.43. The number of imidazole rings is 1. The standard InChI is InChI=1S/C27H18Cl2F4N4/c28-19-6-8-22-23(13-19)36-25(35-22)37-26(14-16-4-2-1-3-5-16,24-9-7-20(29)15-34-24)17-10-18(27(31,32)33)12-21(30)11-17/h1-13,15H,14H2,(H2,35,36,37)/t26-/m1/s1. The molecule has 0 fully saturated rings. The quantitative estimate of drug-likeness (QED) is 0.213. The summed E-state index contributed by atoms with van der Waals surface area (Å²) in [5, 5.41) is 4.08. The number of anilines is 1. The van der Waals surface area contributed by atoms with E-state index in [2.05, 4.69) is 20.3 Å². The van der Waals surface area contributed by atoms with Crippen molar-refractivity contribution in [2.75, 3.05) is 5.32 Å². The lowest BCUT2D eigenvalue weighted by atomic mass is 9.80. The maximum Gasteiger partial charge on any atom is 0.416 e. The first-order valence-electron chi connectivity index (χ1n) is 11.1. The van der Waals surface area contributed by atoms with Crippen LogP contribution in [0, 0.1) is 5.82 Å². The van der Waals surface area contributed by atoms with Crippen molar-refractivity contribution in [2.45, 2.75) is 18.1 Å². The van der Waals surface area contributed by atoms with E-state index in [0.717, 1.165) is 17.7 Å². The summed E-state index contributed by atoms with van der Waals surface area (Å²) in [7, 11) is 0. The van der Waals surface area contributed by atoms with Gasteiger partial charge < -0.3 is 10.3 Å². The van der Waals surface area contributed by atoms with Gasteiger partial charge in [0.1, 0.15) is 11.4 Å². The molecule has 0 saturated carbocycles. The molecule has 5 aromatic rings. The van der Waals surface area contributed by atoms with Gasteiger partial charge in [0.05, 0.1) is 27.3 Å². The summed E-state index contributed by atoms with van der Waals surface area (Å²) in [6.07, 6.45) is -3.26. The molecule has 37 heavy (non-hydrogen) atoms. The Labute approximate surface area is 219 Å². The second-order valence-electron chi connectivity index (χ2n) is 8.53. The molecule has 0 bridgehead atoms. The monoisotopic (exact) mass is 544 g/mol. The number of benzene rings is 3. The van der Waals surface area contributed by atoms with Crippen LogP contribution >= 0.6 is 23.2 Å². The first-order valence-corrected chi connectivity index (χ1v) is 11.9. The lowest BCUT2D eigenvalue weighted by Crippen LogP contribution is -2.40. The largest absolute Gasteiger partial charge is 0.416 e. The molecule has 0 aliphatic rings. The third-order valence-electron chi connectivity index (χ3n) is 5.97. The Morgan fingerprint density at radius 2 is 1.57 bits per heavy atom. The molecule has 0 spiro atoms. The second kappa shape index (κ2) is 9.68. The van der Waals surface area contributed by atoms with Crippen LogP contribution in [0.3, 0.4) is 0 Å². The highest BCUT2D eigenvalue weighted by Crippen LogP contribution is 2.40. The van der Waals surface area contributed by atoms with Crippen LogP contribution in [-0.4, -0.2) is 15.0 Å². The highest BCUT2D eigenvalue weighted by atomic mass is 35.5. The van der Waals surface area contributed by atoms with Gasteiger partial charge in [0, 0.05) is 17.6 Å². The van der Waals surface area contributed by atoms with E-state index in [0.29, 0.717) is 32.8 Å². The number of H-pyrrole nitrogens is 1. The molecular formula is C27H18Cl2F4N4. The normalized spacial score (nSPS) is 13.5. The summed E-state index contributed by atoms with van der Waals surface area (Å²) >= 11 is 12.2. The fourth-order valence-corrected chi connectivity index (χ4v) is 4.58. The maximum absolute atomic E-state index is 14.8. The number of halogens is 6. The molecule has 0 aliphatic carbocycles. The zero-order valence-electron chi connectivity index (χ0n) is 19.0. The lowest BCUT2D eigenvalue weighted by molar-refractivity contribution is -0.137. The molecule has 0 aliphatic heterocycles. The van der Waals surface area contributed by atoms with Crippen molar-refractivity contribution in [3.8, 4) is 0 Å². The average Bonchev–Trinajstić information content (AvgIpc) is 3.25. The van der Waals surface area contributed by atoms with Crippen LogP contribution in [-0.2, 0) is 18.1 Å². The molecule has 0 saturated heterocycles. The van der Waals surface area contributed by atoms with Gasteiger partial charge in [-0.15, -0.1) is 0 Å². The number of fused-ring (bicyclic) bond motifs is 1. The van der Waals surface area contributed by atoms with E-state index in [4.69, 9.17) is 23.2 Å². The molecule has 188 valence electrons. The molecule has 2 aromatic heterocycles. The highest BCUT2D eigenvalue weighted by molar-refractivity contribution is 6.31. The lowest BCUT2D eigenvalue weighted by Gasteiger charge is -2.35. The van der Waals surface area contributed by atoms with Gasteiger partial charge in [-0.05, 0) is 59.7 Å². The zero-order valence-corrected chi connectivity index (χ0v) is 20.5. The van der Waals surface area contributed by atoms with Gasteiger partial charge in [-0.25, -0.2) is 9.37 Å². The van der Waals surface area contributed by atoms with Crippen molar-refractivity contribution < 1.29 is 17.6 Å². The number of hydrogen-bond donors (Lipinski definition) is 2. The summed E-state index contributed by atoms with van der Waals surface area (Å²) in [6, 6.07) is 19.8. The molecule has 4 nitrogen and oxygen atoms in total. The first-order chi connectivity index (χ1) is 17.6. The predicted molar refractivity (Wildman–Crippen MR) is 136 cm³/mol. The Morgan fingerprint density at radius 1 is 0.838 bits per heavy atom. The summed E-state index contributed by atoms with van der Waals surface area (Å²) in [6.45, 7) is 0. The van der Waals surface area contributed by atoms with Gasteiger partial charge in [-0.3, -0.25) is 4.98 Å². The van der Waals surface area contributed by atoms with Gasteiger partial charge >= 0.3 is 6.18 Å². The zero-order chi connectivity index (χ0) is 26.2. The summed E-state index contributed by atoms with van der Waals surface area (Å²) in [5.74, 6) is -0.794. The van der Waals surface area contributed by atoms with Crippen molar-refractivity contribution >= 4 is 40.2 Å². The highest BCUT2D eigenvalue weighted by Gasteiger charge is 2.40. The van der Waals surface area contributed by atoms with E-state index in [-0.39, 0.29) is 17.9 Å². The van der Waals surface area contributed by atoms with Crippen molar-refractivity contribution in [3.05, 3.63) is 123 Å². The molecule has 5 rings (SSSR count). The van der Waals surface area contributed by atoms with Crippen LogP contribution in [0.15, 0.2) is 85.1 Å². The molecular weight excluding hydrogens is 527 g/mol. The Kier molecular flexibility index (Phi) is 6.56. The molecule has 10 heteroatoms. The van der Waals surface area contributed by atoms with E-state index in [1.807, 2.05) is 30.3 Å². The van der Waals surface area contributed by atoms with Gasteiger partial charge in [-0.2, -0.15) is 13.2 Å². The minimum Gasteiger partial charge on any atom is -0.340 e. The maximum atomic E-state index is 14.8. The van der Waals surface area contributed by atoms with Crippen molar-refractivity contribution in [3.63, 3.8) is 0 Å². The number of nitrogens with one attached hydrogen (secondary N) is 2. The van der Waals surface area contributed by atoms with Crippen molar-refractivity contribution in [1.82, 2.24) is 15.0 Å². The van der Waals surface area contributed by atoms with Crippen LogP contribution in [0.2, 0.25) is 10.0 Å². The number of nitrogens with zero attached hydrogens (tertiary/aromatic N) is 2. The summed E-state index contributed by atoms with van der Waals surface area (Å²) < 4.78 is 56.1. The minimum absolute atomic E-state index is 0.0111. The van der Waals surface area contributed by atoms with Crippen molar-refractivity contribution in [2.24, 2.45) is 0 Å². The fourth-order valence-electron chi connectivity index (χ4n) is 4.29. The van der Waals surface area contributed by atoms with E-state index >= 15 is 0 Å². The Hall–Kier alpha value is -3.62. The third kappa shape index (κ3) is 5.26. The Morgan fingerprint density at radius 3 is 2.27 bits per heavy atom. The molecule has 3 aromatic carbocycles. The first kappa shape index (κ1) is 25.0. The van der Waals surface area contributed by atoms with Gasteiger partial charge in [-0.1, -0.05) is 53.5 Å². The number of rotatable bonds is 6. The minimum atomic E-state index is -4.77. The van der Waals surface area contributed by atoms with Gasteiger partial charge in [0.2, 0.25) is 5.95 Å². The van der Waals surface area contributed by atoms with E-state index in [9.17, 15) is 17.6 Å². The molecule has 0 amide bonds. The topological polar surface area (TPSA) is 53.6 Å². The SMILES string of the molecule is Fc1cc(C(F)(F)F)cc([C@@](Cc2ccccc2)(Nc2nc3ccc(Cl)cc3[nH]2)c2ccc(Cl)cn2)c1. The van der Waals surface area contributed by atoms with Gasteiger partial charge in [0.25, 0.3) is 0 Å². The van der Waals surface area contributed by atoms with Crippen LogP contribution < -0.4 is 5.32 Å². The van der Waals surface area contributed by atoms with Crippen molar-refractivity contribution in [1.29, 1.82) is 0 Å². The molecule has 2 heterocycles. The van der Waals surface area contributed by atoms with E-state index in [1.54, 1.807) is 30.3 Å².